The summed E-state index contributed by atoms with van der Waals surface area (Å²) in [6, 6.07) is 9.57. The van der Waals surface area contributed by atoms with E-state index < -0.39 is 40.4 Å². The van der Waals surface area contributed by atoms with Crippen LogP contribution in [0.15, 0.2) is 42.5 Å². The van der Waals surface area contributed by atoms with Gasteiger partial charge in [0, 0.05) is 17.1 Å². The van der Waals surface area contributed by atoms with Crippen molar-refractivity contribution in [2.24, 2.45) is 0 Å². The minimum Gasteiger partial charge on any atom is -0.443 e. The highest BCUT2D eigenvalue weighted by atomic mass is 35.5. The Morgan fingerprint density at radius 3 is 2.38 bits per heavy atom. The fraction of sp³-hybridized carbons (Fsp3) is 0.318. The Hall–Kier alpha value is -2.37. The second kappa shape index (κ2) is 9.71. The van der Waals surface area contributed by atoms with Crippen molar-refractivity contribution >= 4 is 55.3 Å². The number of carbonyl (C=O) groups excluding carboxylic acids is 1. The lowest BCUT2D eigenvalue weighted by Crippen LogP contribution is -2.42. The van der Waals surface area contributed by atoms with Crippen molar-refractivity contribution in [1.82, 2.24) is 4.31 Å². The quantitative estimate of drug-likeness (QED) is 0.325. The van der Waals surface area contributed by atoms with Crippen LogP contribution in [-0.2, 0) is 28.6 Å². The maximum atomic E-state index is 13.8. The Morgan fingerprint density at radius 1 is 1.15 bits per heavy atom. The fourth-order valence-corrected chi connectivity index (χ4v) is 5.70. The first kappa shape index (κ1) is 26.2. The smallest absolute Gasteiger partial charge is 0.423 e. The number of benzene rings is 2. The van der Waals surface area contributed by atoms with Crippen LogP contribution in [0.25, 0.3) is 10.1 Å². The Balaban J connectivity index is 2.06. The van der Waals surface area contributed by atoms with E-state index in [2.05, 4.69) is 0 Å². The molecule has 1 atom stereocenters. The molecule has 3 rings (SSSR count). The van der Waals surface area contributed by atoms with E-state index in [1.807, 2.05) is 0 Å². The predicted molar refractivity (Wildman–Crippen MR) is 127 cm³/mol. The number of rotatable bonds is 5. The Morgan fingerprint density at radius 2 is 1.79 bits per heavy atom. The zero-order valence-corrected chi connectivity index (χ0v) is 21.0. The maximum Gasteiger partial charge on any atom is 0.423 e. The molecule has 1 aromatic heterocycles. The van der Waals surface area contributed by atoms with Gasteiger partial charge in [-0.1, -0.05) is 35.9 Å². The number of hydrogen-bond donors (Lipinski definition) is 0. The van der Waals surface area contributed by atoms with E-state index in [0.29, 0.717) is 17.5 Å². The van der Waals surface area contributed by atoms with Crippen molar-refractivity contribution in [1.29, 1.82) is 0 Å². The molecule has 0 N–H and O–H groups in total. The SMILES string of the molecule is CN(C(=O)OC(C)(C)C)S(=O)N(Cc1ccc(F)c(C(F)(F)F)c1)c1sc2ccccc2c1Cl. The van der Waals surface area contributed by atoms with E-state index in [1.54, 1.807) is 45.0 Å². The lowest BCUT2D eigenvalue weighted by Gasteiger charge is -2.29. The molecule has 0 saturated heterocycles. The van der Waals surface area contributed by atoms with E-state index >= 15 is 0 Å². The third-order valence-electron chi connectivity index (χ3n) is 4.48. The molecule has 34 heavy (non-hydrogen) atoms. The molecule has 0 bridgehead atoms. The number of nitrogens with zero attached hydrogens (tertiary/aromatic N) is 2. The Bertz CT molecular complexity index is 1240. The average molecular weight is 537 g/mol. The minimum absolute atomic E-state index is 0.0215. The summed E-state index contributed by atoms with van der Waals surface area (Å²) in [5.74, 6) is -1.42. The van der Waals surface area contributed by atoms with E-state index in [0.717, 1.165) is 26.4 Å². The lowest BCUT2D eigenvalue weighted by atomic mass is 10.1. The van der Waals surface area contributed by atoms with Crippen LogP contribution in [0.2, 0.25) is 5.02 Å². The van der Waals surface area contributed by atoms with Gasteiger partial charge in [-0.15, -0.1) is 11.3 Å². The second-order valence-electron chi connectivity index (χ2n) is 8.27. The number of alkyl halides is 3. The van der Waals surface area contributed by atoms with E-state index in [4.69, 9.17) is 16.3 Å². The van der Waals surface area contributed by atoms with Gasteiger partial charge in [0.2, 0.25) is 11.2 Å². The molecule has 0 aliphatic heterocycles. The molecule has 184 valence electrons. The van der Waals surface area contributed by atoms with Crippen LogP contribution in [0.5, 0.6) is 0 Å². The summed E-state index contributed by atoms with van der Waals surface area (Å²) in [5.41, 5.74) is -2.29. The lowest BCUT2D eigenvalue weighted by molar-refractivity contribution is -0.140. The van der Waals surface area contributed by atoms with Crippen molar-refractivity contribution < 1.29 is 31.3 Å². The van der Waals surface area contributed by atoms with Gasteiger partial charge in [0.1, 0.15) is 16.4 Å². The van der Waals surface area contributed by atoms with Gasteiger partial charge >= 0.3 is 12.3 Å². The van der Waals surface area contributed by atoms with Gasteiger partial charge in [-0.3, -0.25) is 4.31 Å². The zero-order chi connectivity index (χ0) is 25.4. The molecule has 5 nitrogen and oxygen atoms in total. The summed E-state index contributed by atoms with van der Waals surface area (Å²) in [6.45, 7) is 4.56. The van der Waals surface area contributed by atoms with Gasteiger partial charge in [-0.25, -0.2) is 17.7 Å². The summed E-state index contributed by atoms with van der Waals surface area (Å²) < 4.78 is 75.0. The highest BCUT2D eigenvalue weighted by Crippen LogP contribution is 2.43. The number of ether oxygens (including phenoxy) is 1. The summed E-state index contributed by atoms with van der Waals surface area (Å²) in [4.78, 5) is 12.5. The van der Waals surface area contributed by atoms with Gasteiger partial charge in [0.05, 0.1) is 17.1 Å². The molecule has 0 saturated carbocycles. The van der Waals surface area contributed by atoms with Gasteiger partial charge < -0.3 is 4.74 Å². The summed E-state index contributed by atoms with van der Waals surface area (Å²) in [6.07, 6.45) is -5.81. The molecule has 1 heterocycles. The standard InChI is InChI=1S/C22H21ClF4N2O3S2/c1-21(2,3)32-20(30)28(4)34(31)29(19-18(23)14-7-5-6-8-17(14)33-19)12-13-9-10-16(24)15(11-13)22(25,26)27/h5-11H,12H2,1-4H3. The normalized spacial score (nSPS) is 13.1. The second-order valence-corrected chi connectivity index (χ2v) is 11.1. The average Bonchev–Trinajstić information content (AvgIpc) is 3.06. The van der Waals surface area contributed by atoms with Gasteiger partial charge in [0.25, 0.3) is 0 Å². The van der Waals surface area contributed by atoms with Crippen molar-refractivity contribution in [3.8, 4) is 0 Å². The van der Waals surface area contributed by atoms with Crippen LogP contribution >= 0.6 is 22.9 Å². The van der Waals surface area contributed by atoms with Crippen molar-refractivity contribution in [3.63, 3.8) is 0 Å². The van der Waals surface area contributed by atoms with E-state index in [9.17, 15) is 26.6 Å². The third-order valence-corrected chi connectivity index (χ3v) is 7.59. The molecule has 0 fully saturated rings. The number of hydrogen-bond acceptors (Lipinski definition) is 4. The van der Waals surface area contributed by atoms with Crippen LogP contribution in [0.1, 0.15) is 31.9 Å². The number of anilines is 1. The molecule has 1 unspecified atom stereocenters. The maximum absolute atomic E-state index is 13.8. The molecule has 0 aliphatic rings. The van der Waals surface area contributed by atoms with E-state index in [1.165, 1.54) is 11.4 Å². The van der Waals surface area contributed by atoms with Crippen LogP contribution in [0, 0.1) is 5.82 Å². The van der Waals surface area contributed by atoms with Gasteiger partial charge in [-0.05, 0) is 44.5 Å². The summed E-state index contributed by atoms with van der Waals surface area (Å²) in [5, 5.41) is 1.15. The largest absolute Gasteiger partial charge is 0.443 e. The molecule has 2 aromatic carbocycles. The van der Waals surface area contributed by atoms with Crippen molar-refractivity contribution in [3.05, 3.63) is 64.4 Å². The minimum atomic E-state index is -4.91. The monoisotopic (exact) mass is 536 g/mol. The van der Waals surface area contributed by atoms with Crippen LogP contribution in [-0.4, -0.2) is 27.3 Å². The first-order valence-electron chi connectivity index (χ1n) is 9.88. The van der Waals surface area contributed by atoms with Gasteiger partial charge in [-0.2, -0.15) is 13.2 Å². The first-order valence-corrected chi connectivity index (χ1v) is 12.1. The molecule has 0 radical (unpaired) electrons. The van der Waals surface area contributed by atoms with Crippen LogP contribution in [0.3, 0.4) is 0 Å². The first-order chi connectivity index (χ1) is 15.7. The molecule has 0 aliphatic carbocycles. The summed E-state index contributed by atoms with van der Waals surface area (Å²) in [7, 11) is 1.24. The van der Waals surface area contributed by atoms with Crippen LogP contribution < -0.4 is 4.31 Å². The highest BCUT2D eigenvalue weighted by Gasteiger charge is 2.35. The third kappa shape index (κ3) is 5.81. The number of halogens is 5. The molecular weight excluding hydrogens is 516 g/mol. The Kier molecular flexibility index (Phi) is 7.49. The molecule has 1 amide bonds. The van der Waals surface area contributed by atoms with Crippen LogP contribution in [0.4, 0.5) is 27.4 Å². The Labute approximate surface area is 205 Å². The fourth-order valence-electron chi connectivity index (χ4n) is 2.95. The van der Waals surface area contributed by atoms with Crippen molar-refractivity contribution in [2.75, 3.05) is 11.4 Å². The van der Waals surface area contributed by atoms with E-state index in [-0.39, 0.29) is 22.1 Å². The number of carbonyl (C=O) groups is 1. The number of thiophene rings is 1. The topological polar surface area (TPSA) is 49.9 Å². The molecular formula is C22H21ClF4N2O3S2. The molecule has 3 aromatic rings. The molecule has 12 heteroatoms. The molecule has 0 spiro atoms. The van der Waals surface area contributed by atoms with Crippen molar-refractivity contribution in [2.45, 2.75) is 39.1 Å². The predicted octanol–water partition coefficient (Wildman–Crippen LogP) is 7.16. The summed E-state index contributed by atoms with van der Waals surface area (Å²) >= 11 is 5.46. The van der Waals surface area contributed by atoms with Gasteiger partial charge in [0.15, 0.2) is 0 Å². The number of fused-ring (bicyclic) bond motifs is 1. The number of amides is 1. The highest BCUT2D eigenvalue weighted by molar-refractivity contribution is 7.84. The zero-order valence-electron chi connectivity index (χ0n) is 18.6.